The predicted octanol–water partition coefficient (Wildman–Crippen LogP) is 5.20. The van der Waals surface area contributed by atoms with Crippen LogP contribution >= 0.6 is 11.3 Å². The van der Waals surface area contributed by atoms with Crippen LogP contribution < -0.4 is 0 Å². The fraction of sp³-hybridized carbons (Fsp3) is 0.526. The second kappa shape index (κ2) is 5.96. The lowest BCUT2D eigenvalue weighted by Crippen LogP contribution is -2.10. The predicted molar refractivity (Wildman–Crippen MR) is 98.6 cm³/mol. The first kappa shape index (κ1) is 15.8. The van der Waals surface area contributed by atoms with E-state index in [1.807, 2.05) is 4.52 Å². The van der Waals surface area contributed by atoms with Crippen LogP contribution in [-0.2, 0) is 5.41 Å². The molecule has 24 heavy (non-hydrogen) atoms. The molecule has 0 amide bonds. The van der Waals surface area contributed by atoms with E-state index in [-0.39, 0.29) is 5.41 Å². The Hall–Kier alpha value is -1.75. The molecule has 0 atom stereocenters. The zero-order valence-electron chi connectivity index (χ0n) is 14.6. The van der Waals surface area contributed by atoms with E-state index in [9.17, 15) is 0 Å². The van der Waals surface area contributed by atoms with E-state index in [0.29, 0.717) is 5.92 Å². The molecule has 0 aliphatic heterocycles. The van der Waals surface area contributed by atoms with Crippen molar-refractivity contribution in [3.8, 4) is 10.6 Å². The van der Waals surface area contributed by atoms with Gasteiger partial charge in [0, 0.05) is 11.5 Å². The van der Waals surface area contributed by atoms with Crippen molar-refractivity contribution < 1.29 is 0 Å². The highest BCUT2D eigenvalue weighted by molar-refractivity contribution is 7.19. The second-order valence-corrected chi connectivity index (χ2v) is 8.78. The van der Waals surface area contributed by atoms with E-state index < -0.39 is 0 Å². The summed E-state index contributed by atoms with van der Waals surface area (Å²) < 4.78 is 1.98. The van der Waals surface area contributed by atoms with Crippen molar-refractivity contribution in [3.63, 3.8) is 0 Å². The molecule has 1 aliphatic carbocycles. The molecular weight excluding hydrogens is 316 g/mol. The van der Waals surface area contributed by atoms with Gasteiger partial charge in [-0.15, -0.1) is 10.2 Å². The number of aromatic nitrogens is 4. The molecule has 4 rings (SSSR count). The van der Waals surface area contributed by atoms with E-state index in [0.717, 1.165) is 21.4 Å². The zero-order chi connectivity index (χ0) is 16.7. The molecule has 0 spiro atoms. The molecule has 0 unspecified atom stereocenters. The molecular formula is C19H24N4S. The summed E-state index contributed by atoms with van der Waals surface area (Å²) in [5, 5.41) is 14.6. The summed E-state index contributed by atoms with van der Waals surface area (Å²) in [7, 11) is 0. The van der Waals surface area contributed by atoms with Gasteiger partial charge in [-0.05, 0) is 23.8 Å². The molecule has 2 aromatic heterocycles. The third kappa shape index (κ3) is 2.86. The van der Waals surface area contributed by atoms with Gasteiger partial charge in [0.25, 0.3) is 0 Å². The van der Waals surface area contributed by atoms with E-state index in [1.54, 1.807) is 11.3 Å². The van der Waals surface area contributed by atoms with Crippen LogP contribution in [0.2, 0.25) is 0 Å². The average molecular weight is 340 g/mol. The van der Waals surface area contributed by atoms with Crippen molar-refractivity contribution in [2.24, 2.45) is 0 Å². The van der Waals surface area contributed by atoms with Crippen LogP contribution in [0, 0.1) is 0 Å². The minimum atomic E-state index is 0.175. The van der Waals surface area contributed by atoms with E-state index in [1.165, 1.54) is 37.7 Å². The Morgan fingerprint density at radius 2 is 1.71 bits per heavy atom. The van der Waals surface area contributed by atoms with Crippen LogP contribution in [0.3, 0.4) is 0 Å². The summed E-state index contributed by atoms with van der Waals surface area (Å²) in [5.74, 6) is 1.57. The normalized spacial score (nSPS) is 16.8. The zero-order valence-corrected chi connectivity index (χ0v) is 15.4. The number of rotatable bonds is 2. The van der Waals surface area contributed by atoms with Crippen molar-refractivity contribution in [1.29, 1.82) is 0 Å². The highest BCUT2D eigenvalue weighted by atomic mass is 32.1. The molecule has 4 nitrogen and oxygen atoms in total. The fourth-order valence-electron chi connectivity index (χ4n) is 3.48. The lowest BCUT2D eigenvalue weighted by molar-refractivity contribution is 0.423. The number of hydrogen-bond acceptors (Lipinski definition) is 4. The molecule has 1 aromatic carbocycles. The summed E-state index contributed by atoms with van der Waals surface area (Å²) in [6.07, 6.45) is 6.37. The molecule has 0 bridgehead atoms. The Morgan fingerprint density at radius 3 is 2.38 bits per heavy atom. The molecule has 0 N–H and O–H groups in total. The maximum atomic E-state index is 4.82. The number of benzene rings is 1. The Bertz CT molecular complexity index is 832. The molecule has 5 heteroatoms. The van der Waals surface area contributed by atoms with Crippen LogP contribution in [0.5, 0.6) is 0 Å². The van der Waals surface area contributed by atoms with Crippen LogP contribution in [0.4, 0.5) is 0 Å². The minimum absolute atomic E-state index is 0.175. The average Bonchev–Trinajstić information content (AvgIpc) is 3.15. The number of fused-ring (bicyclic) bond motifs is 1. The lowest BCUT2D eigenvalue weighted by atomic mass is 9.87. The number of hydrogen-bond donors (Lipinski definition) is 0. The van der Waals surface area contributed by atoms with Gasteiger partial charge in [0.2, 0.25) is 4.96 Å². The van der Waals surface area contributed by atoms with Crippen LogP contribution in [-0.4, -0.2) is 19.8 Å². The summed E-state index contributed by atoms with van der Waals surface area (Å²) in [6.45, 7) is 6.71. The lowest BCUT2D eigenvalue weighted by Gasteiger charge is -2.19. The Balaban J connectivity index is 1.67. The molecule has 3 aromatic rings. The van der Waals surface area contributed by atoms with Crippen molar-refractivity contribution in [1.82, 2.24) is 19.8 Å². The van der Waals surface area contributed by atoms with Crippen molar-refractivity contribution >= 4 is 16.3 Å². The molecule has 0 saturated heterocycles. The van der Waals surface area contributed by atoms with Gasteiger partial charge in [-0.1, -0.05) is 75.6 Å². The van der Waals surface area contributed by atoms with Crippen molar-refractivity contribution in [3.05, 3.63) is 35.7 Å². The summed E-state index contributed by atoms with van der Waals surface area (Å²) >= 11 is 1.63. The maximum absolute atomic E-state index is 4.82. The first-order valence-corrected chi connectivity index (χ1v) is 9.67. The SMILES string of the molecule is CC(C)(C)c1ccc(-c2nn3c(C4CCCCC4)nnc3s2)cc1. The highest BCUT2D eigenvalue weighted by Crippen LogP contribution is 2.34. The van der Waals surface area contributed by atoms with Crippen LogP contribution in [0.15, 0.2) is 24.3 Å². The monoisotopic (exact) mass is 340 g/mol. The standard InChI is InChI=1S/C19H24N4S/c1-19(2,3)15-11-9-14(10-12-15)17-22-23-16(20-21-18(23)24-17)13-7-5-4-6-8-13/h9-13H,4-8H2,1-3H3. The highest BCUT2D eigenvalue weighted by Gasteiger charge is 2.23. The van der Waals surface area contributed by atoms with Crippen LogP contribution in [0.25, 0.3) is 15.5 Å². The topological polar surface area (TPSA) is 43.1 Å². The second-order valence-electron chi connectivity index (χ2n) is 7.82. The first-order chi connectivity index (χ1) is 11.5. The third-order valence-electron chi connectivity index (χ3n) is 4.98. The van der Waals surface area contributed by atoms with Gasteiger partial charge in [-0.2, -0.15) is 9.61 Å². The van der Waals surface area contributed by atoms with Gasteiger partial charge in [-0.25, -0.2) is 0 Å². The van der Waals surface area contributed by atoms with Gasteiger partial charge in [0.05, 0.1) is 0 Å². The first-order valence-electron chi connectivity index (χ1n) is 8.85. The quantitative estimate of drug-likeness (QED) is 0.644. The maximum Gasteiger partial charge on any atom is 0.234 e. The molecule has 126 valence electrons. The summed E-state index contributed by atoms with van der Waals surface area (Å²) in [6, 6.07) is 8.76. The van der Waals surface area contributed by atoms with Crippen molar-refractivity contribution in [2.75, 3.05) is 0 Å². The largest absolute Gasteiger partial charge is 0.234 e. The summed E-state index contributed by atoms with van der Waals surface area (Å²) in [4.78, 5) is 0.908. The smallest absolute Gasteiger partial charge is 0.187 e. The molecule has 1 fully saturated rings. The molecule has 1 aliphatic rings. The van der Waals surface area contributed by atoms with E-state index in [2.05, 4.69) is 55.2 Å². The van der Waals surface area contributed by atoms with Gasteiger partial charge < -0.3 is 0 Å². The van der Waals surface area contributed by atoms with Gasteiger partial charge in [-0.3, -0.25) is 0 Å². The van der Waals surface area contributed by atoms with E-state index >= 15 is 0 Å². The van der Waals surface area contributed by atoms with E-state index in [4.69, 9.17) is 5.10 Å². The third-order valence-corrected chi connectivity index (χ3v) is 5.93. The fourth-order valence-corrected chi connectivity index (χ4v) is 4.33. The Labute approximate surface area is 146 Å². The van der Waals surface area contributed by atoms with Gasteiger partial charge >= 0.3 is 0 Å². The summed E-state index contributed by atoms with van der Waals surface area (Å²) in [5.41, 5.74) is 2.68. The minimum Gasteiger partial charge on any atom is -0.187 e. The van der Waals surface area contributed by atoms with Gasteiger partial charge in [0.1, 0.15) is 5.01 Å². The van der Waals surface area contributed by atoms with Gasteiger partial charge in [0.15, 0.2) is 5.82 Å². The Kier molecular flexibility index (Phi) is 3.91. The molecule has 2 heterocycles. The molecule has 1 saturated carbocycles. The van der Waals surface area contributed by atoms with Crippen LogP contribution in [0.1, 0.15) is 70.2 Å². The number of nitrogens with zero attached hydrogens (tertiary/aromatic N) is 4. The molecule has 0 radical (unpaired) electrons. The van der Waals surface area contributed by atoms with Crippen molar-refractivity contribution in [2.45, 2.75) is 64.2 Å². The Morgan fingerprint density at radius 1 is 1.00 bits per heavy atom.